The number of ether oxygens (including phenoxy) is 7. The topological polar surface area (TPSA) is 166 Å². The van der Waals surface area contributed by atoms with Crippen molar-refractivity contribution in [3.05, 3.63) is 0 Å². The molecule has 3 saturated heterocycles. The molecule has 3 heterocycles. The third-order valence-electron chi connectivity index (χ3n) is 8.73. The van der Waals surface area contributed by atoms with Crippen LogP contribution in [0.25, 0.3) is 0 Å². The van der Waals surface area contributed by atoms with Gasteiger partial charge in [-0.3, -0.25) is 0 Å². The lowest BCUT2D eigenvalue weighted by Crippen LogP contribution is -2.60. The number of hydrogen-bond donors (Lipinski definition) is 5. The zero-order valence-corrected chi connectivity index (χ0v) is 24.0. The molecule has 5 N–H and O–H groups in total. The van der Waals surface area contributed by atoms with Crippen LogP contribution in [0.15, 0.2) is 0 Å². The van der Waals surface area contributed by atoms with Crippen molar-refractivity contribution in [1.29, 1.82) is 0 Å². The van der Waals surface area contributed by atoms with E-state index in [1.165, 1.54) is 0 Å². The van der Waals surface area contributed by atoms with Crippen LogP contribution in [0, 0.1) is 5.92 Å². The summed E-state index contributed by atoms with van der Waals surface area (Å²) in [5.74, 6) is 0.0755. The Bertz CT molecular complexity index is 753. The van der Waals surface area contributed by atoms with E-state index in [2.05, 4.69) is 6.92 Å². The molecule has 1 spiro atoms. The maximum atomic E-state index is 10.6. The first-order valence-electron chi connectivity index (χ1n) is 15.0. The van der Waals surface area contributed by atoms with Crippen LogP contribution < -0.4 is 0 Å². The van der Waals surface area contributed by atoms with Gasteiger partial charge in [0, 0.05) is 6.61 Å². The minimum absolute atomic E-state index is 0.0755. The SMILES string of the molecule is CCC1CCCC(OC(OC(C)CO)C2OCCCCC3(COC3)OC2CO)C1OC1OC(C)C(O)C(O)C1O. The van der Waals surface area contributed by atoms with Crippen LogP contribution in [-0.2, 0) is 33.2 Å². The van der Waals surface area contributed by atoms with Gasteiger partial charge in [0.25, 0.3) is 0 Å². The molecule has 4 rings (SSSR count). The molecule has 0 bridgehead atoms. The molecule has 0 aromatic heterocycles. The van der Waals surface area contributed by atoms with Crippen LogP contribution in [-0.4, -0.2) is 132 Å². The molecule has 12 nitrogen and oxygen atoms in total. The molecular weight excluding hydrogens is 528 g/mol. The van der Waals surface area contributed by atoms with E-state index in [4.69, 9.17) is 33.2 Å². The second-order valence-corrected chi connectivity index (χ2v) is 11.9. The van der Waals surface area contributed by atoms with Crippen molar-refractivity contribution in [2.45, 2.75) is 139 Å². The molecule has 12 atom stereocenters. The van der Waals surface area contributed by atoms with Crippen LogP contribution in [0.3, 0.4) is 0 Å². The molecule has 40 heavy (non-hydrogen) atoms. The largest absolute Gasteiger partial charge is 0.394 e. The molecule has 1 aliphatic carbocycles. The van der Waals surface area contributed by atoms with Gasteiger partial charge in [-0.05, 0) is 51.9 Å². The standard InChI is InChI=1S/C28H50O12/c1-4-18-8-7-9-19(24(18)39-26-23(33)22(32)21(31)17(3)37-26)38-27(36-16(2)12-29)25-20(13-30)40-28(14-34-15-28)10-5-6-11-35-25/h16-27,29-33H,4-15H2,1-3H3. The Morgan fingerprint density at radius 2 is 1.77 bits per heavy atom. The van der Waals surface area contributed by atoms with Crippen molar-refractivity contribution >= 4 is 0 Å². The molecule has 0 aromatic carbocycles. The molecule has 4 aliphatic rings. The molecular formula is C28H50O12. The fourth-order valence-electron chi connectivity index (χ4n) is 6.17. The Hall–Kier alpha value is -0.480. The van der Waals surface area contributed by atoms with Gasteiger partial charge >= 0.3 is 0 Å². The summed E-state index contributed by atoms with van der Waals surface area (Å²) in [6, 6.07) is 0. The normalized spacial score (nSPS) is 42.3. The first-order chi connectivity index (χ1) is 19.2. The van der Waals surface area contributed by atoms with Crippen LogP contribution in [0.2, 0.25) is 0 Å². The highest BCUT2D eigenvalue weighted by molar-refractivity contribution is 4.93. The van der Waals surface area contributed by atoms with Crippen molar-refractivity contribution in [1.82, 2.24) is 0 Å². The van der Waals surface area contributed by atoms with Gasteiger partial charge in [0.05, 0.1) is 50.8 Å². The van der Waals surface area contributed by atoms with Crippen molar-refractivity contribution in [3.8, 4) is 0 Å². The molecule has 12 heteroatoms. The molecule has 0 amide bonds. The van der Waals surface area contributed by atoms with E-state index in [1.807, 2.05) is 0 Å². The highest BCUT2D eigenvalue weighted by Gasteiger charge is 2.49. The number of aliphatic hydroxyl groups is 5. The van der Waals surface area contributed by atoms with E-state index in [0.29, 0.717) is 26.2 Å². The van der Waals surface area contributed by atoms with E-state index in [9.17, 15) is 25.5 Å². The Balaban J connectivity index is 1.56. The second kappa shape index (κ2) is 14.8. The van der Waals surface area contributed by atoms with Gasteiger partial charge in [-0.25, -0.2) is 0 Å². The summed E-state index contributed by atoms with van der Waals surface area (Å²) in [6.45, 7) is 6.19. The summed E-state index contributed by atoms with van der Waals surface area (Å²) in [5, 5.41) is 51.3. The maximum absolute atomic E-state index is 10.6. The first-order valence-corrected chi connectivity index (χ1v) is 15.0. The predicted molar refractivity (Wildman–Crippen MR) is 140 cm³/mol. The summed E-state index contributed by atoms with van der Waals surface area (Å²) in [5.41, 5.74) is -0.479. The minimum atomic E-state index is -1.43. The fraction of sp³-hybridized carbons (Fsp3) is 1.00. The van der Waals surface area contributed by atoms with Crippen LogP contribution >= 0.6 is 0 Å². The molecule has 3 aliphatic heterocycles. The van der Waals surface area contributed by atoms with Gasteiger partial charge in [0.1, 0.15) is 36.1 Å². The zero-order chi connectivity index (χ0) is 28.9. The Kier molecular flexibility index (Phi) is 12.0. The summed E-state index contributed by atoms with van der Waals surface area (Å²) in [4.78, 5) is 0. The summed E-state index contributed by atoms with van der Waals surface area (Å²) < 4.78 is 43.0. The number of aliphatic hydroxyl groups excluding tert-OH is 5. The predicted octanol–water partition coefficient (Wildman–Crippen LogP) is 0.234. The lowest BCUT2D eigenvalue weighted by atomic mass is 9.82. The van der Waals surface area contributed by atoms with Crippen molar-refractivity contribution in [2.75, 3.05) is 33.0 Å². The fourth-order valence-corrected chi connectivity index (χ4v) is 6.17. The zero-order valence-electron chi connectivity index (χ0n) is 24.0. The summed E-state index contributed by atoms with van der Waals surface area (Å²) >= 11 is 0. The monoisotopic (exact) mass is 578 g/mol. The Morgan fingerprint density at radius 3 is 2.42 bits per heavy atom. The third kappa shape index (κ3) is 7.53. The summed E-state index contributed by atoms with van der Waals surface area (Å²) in [6.07, 6.45) is -4.38. The minimum Gasteiger partial charge on any atom is -0.394 e. The quantitative estimate of drug-likeness (QED) is 0.225. The van der Waals surface area contributed by atoms with Crippen molar-refractivity contribution < 1.29 is 58.7 Å². The van der Waals surface area contributed by atoms with Crippen LogP contribution in [0.1, 0.15) is 65.7 Å². The lowest BCUT2D eigenvalue weighted by molar-refractivity contribution is -0.337. The van der Waals surface area contributed by atoms with E-state index < -0.39 is 73.1 Å². The van der Waals surface area contributed by atoms with E-state index in [-0.39, 0.29) is 19.1 Å². The average Bonchev–Trinajstić information content (AvgIpc) is 3.03. The van der Waals surface area contributed by atoms with Crippen LogP contribution in [0.4, 0.5) is 0 Å². The lowest BCUT2D eigenvalue weighted by Gasteiger charge is -2.47. The molecule has 1 saturated carbocycles. The maximum Gasteiger partial charge on any atom is 0.187 e. The van der Waals surface area contributed by atoms with Gasteiger partial charge in [0.2, 0.25) is 0 Å². The van der Waals surface area contributed by atoms with E-state index in [0.717, 1.165) is 38.5 Å². The van der Waals surface area contributed by atoms with E-state index in [1.54, 1.807) is 13.8 Å². The number of rotatable bonds is 10. The Labute approximate surface area is 236 Å². The van der Waals surface area contributed by atoms with Gasteiger partial charge in [-0.15, -0.1) is 0 Å². The highest BCUT2D eigenvalue weighted by Crippen LogP contribution is 2.37. The molecule has 12 unspecified atom stereocenters. The van der Waals surface area contributed by atoms with Crippen LogP contribution in [0.5, 0.6) is 0 Å². The molecule has 4 fully saturated rings. The van der Waals surface area contributed by atoms with Gasteiger partial charge in [-0.2, -0.15) is 0 Å². The highest BCUT2D eigenvalue weighted by atomic mass is 16.7. The molecule has 0 radical (unpaired) electrons. The van der Waals surface area contributed by atoms with Gasteiger partial charge < -0.3 is 58.7 Å². The smallest absolute Gasteiger partial charge is 0.187 e. The first kappa shape index (κ1) is 32.4. The van der Waals surface area contributed by atoms with Crippen molar-refractivity contribution in [2.24, 2.45) is 5.92 Å². The molecule has 0 aromatic rings. The summed E-state index contributed by atoms with van der Waals surface area (Å²) in [7, 11) is 0. The van der Waals surface area contributed by atoms with Gasteiger partial charge in [-0.1, -0.05) is 19.8 Å². The average molecular weight is 579 g/mol. The third-order valence-corrected chi connectivity index (χ3v) is 8.73. The molecule has 234 valence electrons. The number of hydrogen-bond acceptors (Lipinski definition) is 12. The second-order valence-electron chi connectivity index (χ2n) is 11.9. The van der Waals surface area contributed by atoms with E-state index >= 15 is 0 Å². The van der Waals surface area contributed by atoms with Crippen molar-refractivity contribution in [3.63, 3.8) is 0 Å². The van der Waals surface area contributed by atoms with Gasteiger partial charge in [0.15, 0.2) is 12.6 Å². The Morgan fingerprint density at radius 1 is 1.00 bits per heavy atom.